The largest absolute Gasteiger partial charge is 0.444 e. The van der Waals surface area contributed by atoms with Crippen molar-refractivity contribution in [2.75, 3.05) is 5.32 Å². The number of ether oxygens (including phenoxy) is 1. The van der Waals surface area contributed by atoms with E-state index in [1.807, 2.05) is 12.1 Å². The van der Waals surface area contributed by atoms with Crippen LogP contribution >= 0.6 is 0 Å². The summed E-state index contributed by atoms with van der Waals surface area (Å²) in [6, 6.07) is 7.16. The van der Waals surface area contributed by atoms with E-state index in [1.54, 1.807) is 39.8 Å². The minimum atomic E-state index is -0.531. The highest BCUT2D eigenvalue weighted by Gasteiger charge is 2.16. The van der Waals surface area contributed by atoms with Gasteiger partial charge in [0.1, 0.15) is 5.60 Å². The minimum absolute atomic E-state index is 0.175. The second-order valence-electron chi connectivity index (χ2n) is 5.79. The molecule has 114 valence electrons. The van der Waals surface area contributed by atoms with Crippen LogP contribution in [0.3, 0.4) is 0 Å². The fraction of sp³-hybridized carbons (Fsp3) is 0.375. The number of nitrogens with one attached hydrogen (secondary N) is 2. The van der Waals surface area contributed by atoms with Crippen LogP contribution in [0.2, 0.25) is 0 Å². The monoisotopic (exact) mass is 290 g/mol. The van der Waals surface area contributed by atoms with Gasteiger partial charge in [-0.05, 0) is 45.4 Å². The summed E-state index contributed by atoms with van der Waals surface area (Å²) in [4.78, 5) is 23.0. The van der Waals surface area contributed by atoms with E-state index in [1.165, 1.54) is 0 Å². The van der Waals surface area contributed by atoms with Crippen molar-refractivity contribution in [3.05, 3.63) is 42.0 Å². The summed E-state index contributed by atoms with van der Waals surface area (Å²) in [5.74, 6) is -0.175. The third-order valence-corrected chi connectivity index (χ3v) is 2.44. The van der Waals surface area contributed by atoms with Crippen LogP contribution in [0.25, 0.3) is 0 Å². The summed E-state index contributed by atoms with van der Waals surface area (Å²) in [5, 5.41) is 5.39. The summed E-state index contributed by atoms with van der Waals surface area (Å²) in [6.45, 7) is 11.1. The van der Waals surface area contributed by atoms with Gasteiger partial charge < -0.3 is 10.1 Å². The van der Waals surface area contributed by atoms with Crippen LogP contribution in [0.15, 0.2) is 36.4 Å². The standard InChI is InChI=1S/C16H22N2O3/c1-11(2)14(19)17-10-12-6-8-13(9-7-12)18-15(20)21-16(3,4)5/h6-9H,1,10H2,2-5H3,(H,17,19)(H,18,20). The lowest BCUT2D eigenvalue weighted by Gasteiger charge is -2.19. The molecular weight excluding hydrogens is 268 g/mol. The molecule has 21 heavy (non-hydrogen) atoms. The van der Waals surface area contributed by atoms with E-state index in [0.717, 1.165) is 5.56 Å². The number of amides is 2. The zero-order valence-electron chi connectivity index (χ0n) is 12.9. The van der Waals surface area contributed by atoms with Crippen LogP contribution < -0.4 is 10.6 Å². The Labute approximate surface area is 125 Å². The second-order valence-corrected chi connectivity index (χ2v) is 5.79. The van der Waals surface area contributed by atoms with Gasteiger partial charge in [0.05, 0.1) is 0 Å². The van der Waals surface area contributed by atoms with Crippen LogP contribution in [0.5, 0.6) is 0 Å². The molecule has 0 atom stereocenters. The predicted molar refractivity (Wildman–Crippen MR) is 83.0 cm³/mol. The molecule has 1 aromatic rings. The highest BCUT2D eigenvalue weighted by molar-refractivity contribution is 5.92. The lowest BCUT2D eigenvalue weighted by atomic mass is 10.2. The summed E-state index contributed by atoms with van der Waals surface area (Å²) >= 11 is 0. The van der Waals surface area contributed by atoms with Gasteiger partial charge in [-0.3, -0.25) is 10.1 Å². The van der Waals surface area contributed by atoms with Crippen molar-refractivity contribution >= 4 is 17.7 Å². The van der Waals surface area contributed by atoms with E-state index in [4.69, 9.17) is 4.74 Å². The van der Waals surface area contributed by atoms with E-state index in [-0.39, 0.29) is 5.91 Å². The first-order valence-corrected chi connectivity index (χ1v) is 6.70. The molecule has 0 heterocycles. The Bertz CT molecular complexity index is 527. The van der Waals surface area contributed by atoms with Crippen LogP contribution in [-0.4, -0.2) is 17.6 Å². The fourth-order valence-corrected chi connectivity index (χ4v) is 1.46. The Morgan fingerprint density at radius 1 is 1.19 bits per heavy atom. The molecule has 2 amide bonds. The van der Waals surface area contributed by atoms with Gasteiger partial charge in [-0.25, -0.2) is 4.79 Å². The Hall–Kier alpha value is -2.30. The zero-order chi connectivity index (χ0) is 16.0. The fourth-order valence-electron chi connectivity index (χ4n) is 1.46. The Morgan fingerprint density at radius 3 is 2.24 bits per heavy atom. The Kier molecular flexibility index (Phi) is 5.52. The summed E-state index contributed by atoms with van der Waals surface area (Å²) < 4.78 is 5.16. The lowest BCUT2D eigenvalue weighted by Crippen LogP contribution is -2.27. The van der Waals surface area contributed by atoms with Gasteiger partial charge in [-0.2, -0.15) is 0 Å². The molecule has 1 aromatic carbocycles. The second kappa shape index (κ2) is 6.92. The minimum Gasteiger partial charge on any atom is -0.444 e. The number of hydrogen-bond acceptors (Lipinski definition) is 3. The van der Waals surface area contributed by atoms with Crippen LogP contribution in [0.4, 0.5) is 10.5 Å². The first kappa shape index (κ1) is 16.8. The quantitative estimate of drug-likeness (QED) is 0.837. The maximum absolute atomic E-state index is 11.6. The molecule has 0 aliphatic rings. The van der Waals surface area contributed by atoms with Crippen molar-refractivity contribution in [1.29, 1.82) is 0 Å². The van der Waals surface area contributed by atoms with Crippen LogP contribution in [0.1, 0.15) is 33.3 Å². The molecule has 0 saturated carbocycles. The van der Waals surface area contributed by atoms with Gasteiger partial charge in [-0.1, -0.05) is 18.7 Å². The van der Waals surface area contributed by atoms with Gasteiger partial charge >= 0.3 is 6.09 Å². The molecule has 0 aromatic heterocycles. The van der Waals surface area contributed by atoms with Crippen molar-refractivity contribution in [2.45, 2.75) is 39.8 Å². The molecule has 5 heteroatoms. The van der Waals surface area contributed by atoms with E-state index >= 15 is 0 Å². The SMILES string of the molecule is C=C(C)C(=O)NCc1ccc(NC(=O)OC(C)(C)C)cc1. The molecule has 0 aliphatic carbocycles. The van der Waals surface area contributed by atoms with E-state index in [0.29, 0.717) is 17.8 Å². The van der Waals surface area contributed by atoms with Crippen molar-refractivity contribution in [1.82, 2.24) is 5.32 Å². The number of anilines is 1. The highest BCUT2D eigenvalue weighted by atomic mass is 16.6. The van der Waals surface area contributed by atoms with Gasteiger partial charge in [0.25, 0.3) is 0 Å². The number of benzene rings is 1. The maximum Gasteiger partial charge on any atom is 0.412 e. The molecule has 0 bridgehead atoms. The van der Waals surface area contributed by atoms with Gasteiger partial charge in [0, 0.05) is 17.8 Å². The van der Waals surface area contributed by atoms with E-state index in [9.17, 15) is 9.59 Å². The molecule has 1 rings (SSSR count). The van der Waals surface area contributed by atoms with Gasteiger partial charge in [0.2, 0.25) is 5.91 Å². The van der Waals surface area contributed by atoms with Crippen LogP contribution in [-0.2, 0) is 16.1 Å². The van der Waals surface area contributed by atoms with Gasteiger partial charge in [-0.15, -0.1) is 0 Å². The smallest absolute Gasteiger partial charge is 0.412 e. The normalized spacial score (nSPS) is 10.7. The molecule has 0 unspecified atom stereocenters. The molecule has 0 spiro atoms. The zero-order valence-corrected chi connectivity index (χ0v) is 12.9. The average molecular weight is 290 g/mol. The third kappa shape index (κ3) is 6.61. The lowest BCUT2D eigenvalue weighted by molar-refractivity contribution is -0.117. The molecular formula is C16H22N2O3. The van der Waals surface area contributed by atoms with Crippen molar-refractivity contribution in [2.24, 2.45) is 0 Å². The predicted octanol–water partition coefficient (Wildman–Crippen LogP) is 3.23. The van der Waals surface area contributed by atoms with E-state index in [2.05, 4.69) is 17.2 Å². The summed E-state index contributed by atoms with van der Waals surface area (Å²) in [7, 11) is 0. The van der Waals surface area contributed by atoms with Crippen LogP contribution in [0, 0.1) is 0 Å². The van der Waals surface area contributed by atoms with Crippen molar-refractivity contribution in [3.8, 4) is 0 Å². The molecule has 0 saturated heterocycles. The Morgan fingerprint density at radius 2 is 1.76 bits per heavy atom. The topological polar surface area (TPSA) is 67.4 Å². The number of hydrogen-bond donors (Lipinski definition) is 2. The number of carbonyl (C=O) groups is 2. The van der Waals surface area contributed by atoms with Crippen molar-refractivity contribution in [3.63, 3.8) is 0 Å². The molecule has 2 N–H and O–H groups in total. The molecule has 0 aliphatic heterocycles. The first-order chi connectivity index (χ1) is 9.67. The van der Waals surface area contributed by atoms with E-state index < -0.39 is 11.7 Å². The van der Waals surface area contributed by atoms with Crippen molar-refractivity contribution < 1.29 is 14.3 Å². The third-order valence-electron chi connectivity index (χ3n) is 2.44. The molecule has 0 fully saturated rings. The number of carbonyl (C=O) groups excluding carboxylic acids is 2. The summed E-state index contributed by atoms with van der Waals surface area (Å²) in [6.07, 6.45) is -0.495. The first-order valence-electron chi connectivity index (χ1n) is 6.70. The maximum atomic E-state index is 11.6. The summed E-state index contributed by atoms with van der Waals surface area (Å²) in [5.41, 5.74) is 1.51. The Balaban J connectivity index is 2.52. The highest BCUT2D eigenvalue weighted by Crippen LogP contribution is 2.13. The van der Waals surface area contributed by atoms with Gasteiger partial charge in [0.15, 0.2) is 0 Å². The number of rotatable bonds is 4. The molecule has 5 nitrogen and oxygen atoms in total. The molecule has 0 radical (unpaired) electrons. The average Bonchev–Trinajstić information content (AvgIpc) is 2.35.